The van der Waals surface area contributed by atoms with Gasteiger partial charge in [0, 0.05) is 5.33 Å². The zero-order valence-corrected chi connectivity index (χ0v) is 13.1. The molecule has 0 aliphatic heterocycles. The lowest BCUT2D eigenvalue weighted by atomic mass is 10.1. The van der Waals surface area contributed by atoms with Crippen LogP contribution in [0, 0.1) is 5.92 Å². The molecular formula is C13H19BrO3S. The minimum absolute atomic E-state index is 0.189. The first-order valence-electron chi connectivity index (χ1n) is 5.92. The zero-order chi connectivity index (χ0) is 13.6. The summed E-state index contributed by atoms with van der Waals surface area (Å²) in [5, 5.41) is 0.910. The van der Waals surface area contributed by atoms with Gasteiger partial charge >= 0.3 is 0 Å². The number of alkyl halides is 1. The van der Waals surface area contributed by atoms with Crippen LogP contribution in [0.1, 0.15) is 19.8 Å². The number of hydrogen-bond donors (Lipinski definition) is 0. The molecule has 0 saturated heterocycles. The summed E-state index contributed by atoms with van der Waals surface area (Å²) < 4.78 is 29.3. The third-order valence-corrected chi connectivity index (χ3v) is 5.08. The Morgan fingerprint density at radius 3 is 2.67 bits per heavy atom. The van der Waals surface area contributed by atoms with Gasteiger partial charge in [-0.1, -0.05) is 28.9 Å². The maximum Gasteiger partial charge on any atom is 0.178 e. The van der Waals surface area contributed by atoms with Crippen molar-refractivity contribution in [2.75, 3.05) is 18.2 Å². The molecule has 0 spiro atoms. The van der Waals surface area contributed by atoms with Crippen molar-refractivity contribution in [3.8, 4) is 5.75 Å². The Bertz CT molecular complexity index is 471. The van der Waals surface area contributed by atoms with Crippen molar-refractivity contribution in [1.82, 2.24) is 0 Å². The van der Waals surface area contributed by atoms with Gasteiger partial charge in [-0.2, -0.15) is 0 Å². The molecule has 5 heteroatoms. The third-order valence-electron chi connectivity index (χ3n) is 2.88. The molecule has 0 bridgehead atoms. The number of ether oxygens (including phenoxy) is 1. The van der Waals surface area contributed by atoms with Crippen LogP contribution in [0.4, 0.5) is 0 Å². The molecule has 0 N–H and O–H groups in total. The van der Waals surface area contributed by atoms with Crippen molar-refractivity contribution in [3.05, 3.63) is 24.3 Å². The van der Waals surface area contributed by atoms with Crippen molar-refractivity contribution in [3.63, 3.8) is 0 Å². The van der Waals surface area contributed by atoms with E-state index in [0.717, 1.165) is 11.8 Å². The number of benzene rings is 1. The highest BCUT2D eigenvalue weighted by atomic mass is 79.9. The first-order valence-corrected chi connectivity index (χ1v) is 8.69. The number of methoxy groups -OCH3 is 1. The van der Waals surface area contributed by atoms with Crippen molar-refractivity contribution < 1.29 is 13.2 Å². The Morgan fingerprint density at radius 2 is 2.06 bits per heavy atom. The van der Waals surface area contributed by atoms with Gasteiger partial charge in [-0.15, -0.1) is 0 Å². The Labute approximate surface area is 118 Å². The van der Waals surface area contributed by atoms with E-state index in [4.69, 9.17) is 4.74 Å². The van der Waals surface area contributed by atoms with Gasteiger partial charge in [-0.05, 0) is 37.0 Å². The number of sulfone groups is 1. The van der Waals surface area contributed by atoms with Crippen molar-refractivity contribution in [1.29, 1.82) is 0 Å². The second-order valence-electron chi connectivity index (χ2n) is 4.37. The van der Waals surface area contributed by atoms with Crippen LogP contribution in [0.15, 0.2) is 29.2 Å². The lowest BCUT2D eigenvalue weighted by Gasteiger charge is -2.10. The highest BCUT2D eigenvalue weighted by molar-refractivity contribution is 9.09. The van der Waals surface area contributed by atoms with E-state index < -0.39 is 9.84 Å². The van der Waals surface area contributed by atoms with Gasteiger partial charge in [0.05, 0.1) is 17.8 Å². The van der Waals surface area contributed by atoms with Gasteiger partial charge < -0.3 is 4.74 Å². The lowest BCUT2D eigenvalue weighted by Crippen LogP contribution is -2.10. The maximum atomic E-state index is 12.1. The molecule has 0 saturated carbocycles. The maximum absolute atomic E-state index is 12.1. The Balaban J connectivity index is 2.73. The largest absolute Gasteiger partial charge is 0.497 e. The minimum Gasteiger partial charge on any atom is -0.497 e. The first-order chi connectivity index (χ1) is 8.49. The van der Waals surface area contributed by atoms with Crippen molar-refractivity contribution in [2.24, 2.45) is 5.92 Å². The second-order valence-corrected chi connectivity index (χ2v) is 7.27. The fourth-order valence-electron chi connectivity index (χ4n) is 1.60. The SMILES string of the molecule is COc1cccc(S(=O)(=O)CCC(C)CCBr)c1. The summed E-state index contributed by atoms with van der Waals surface area (Å²) in [6, 6.07) is 6.64. The molecule has 1 rings (SSSR count). The minimum atomic E-state index is -3.20. The van der Waals surface area contributed by atoms with E-state index in [1.54, 1.807) is 24.3 Å². The highest BCUT2D eigenvalue weighted by Gasteiger charge is 2.16. The van der Waals surface area contributed by atoms with Crippen LogP contribution in [0.3, 0.4) is 0 Å². The van der Waals surface area contributed by atoms with Crippen LogP contribution in [0.2, 0.25) is 0 Å². The van der Waals surface area contributed by atoms with E-state index in [-0.39, 0.29) is 5.75 Å². The molecule has 3 nitrogen and oxygen atoms in total. The summed E-state index contributed by atoms with van der Waals surface area (Å²) >= 11 is 3.37. The standard InChI is InChI=1S/C13H19BrO3S/c1-11(6-8-14)7-9-18(15,16)13-5-3-4-12(10-13)17-2/h3-5,10-11H,6-9H2,1-2H3. The molecule has 0 aliphatic rings. The van der Waals surface area contributed by atoms with Crippen LogP contribution < -0.4 is 4.74 Å². The van der Waals surface area contributed by atoms with E-state index in [9.17, 15) is 8.42 Å². The Hall–Kier alpha value is -0.550. The molecule has 0 radical (unpaired) electrons. The van der Waals surface area contributed by atoms with Gasteiger partial charge in [-0.25, -0.2) is 8.42 Å². The second kappa shape index (κ2) is 7.14. The molecule has 0 amide bonds. The van der Waals surface area contributed by atoms with E-state index in [0.29, 0.717) is 23.0 Å². The van der Waals surface area contributed by atoms with Crippen molar-refractivity contribution >= 4 is 25.8 Å². The predicted octanol–water partition coefficient (Wildman–Crippen LogP) is 3.28. The highest BCUT2D eigenvalue weighted by Crippen LogP contribution is 2.20. The van der Waals surface area contributed by atoms with Crippen LogP contribution in [-0.4, -0.2) is 26.6 Å². The van der Waals surface area contributed by atoms with Gasteiger partial charge in [0.2, 0.25) is 0 Å². The summed E-state index contributed by atoms with van der Waals surface area (Å²) in [6.45, 7) is 2.07. The molecule has 1 unspecified atom stereocenters. The van der Waals surface area contributed by atoms with E-state index >= 15 is 0 Å². The number of rotatable bonds is 7. The average Bonchev–Trinajstić information content (AvgIpc) is 2.37. The molecular weight excluding hydrogens is 316 g/mol. The number of hydrogen-bond acceptors (Lipinski definition) is 3. The summed E-state index contributed by atoms with van der Waals surface area (Å²) in [4.78, 5) is 0.341. The third kappa shape index (κ3) is 4.61. The molecule has 0 fully saturated rings. The smallest absolute Gasteiger partial charge is 0.178 e. The van der Waals surface area contributed by atoms with E-state index in [1.165, 1.54) is 7.11 Å². The Kier molecular flexibility index (Phi) is 6.15. The quantitative estimate of drug-likeness (QED) is 0.718. The molecule has 1 aromatic carbocycles. The lowest BCUT2D eigenvalue weighted by molar-refractivity contribution is 0.413. The van der Waals surface area contributed by atoms with Gasteiger partial charge in [-0.3, -0.25) is 0 Å². The fourth-order valence-corrected chi connectivity index (χ4v) is 3.91. The molecule has 0 aliphatic carbocycles. The van der Waals surface area contributed by atoms with Gasteiger partial charge in [0.15, 0.2) is 9.84 Å². The summed E-state index contributed by atoms with van der Waals surface area (Å²) in [6.07, 6.45) is 1.68. The van der Waals surface area contributed by atoms with Crippen molar-refractivity contribution in [2.45, 2.75) is 24.7 Å². The molecule has 0 aromatic heterocycles. The number of halogens is 1. The van der Waals surface area contributed by atoms with Crippen LogP contribution in [0.5, 0.6) is 5.75 Å². The molecule has 0 heterocycles. The molecule has 102 valence electrons. The normalized spacial score (nSPS) is 13.3. The summed E-state index contributed by atoms with van der Waals surface area (Å²) in [5.74, 6) is 1.17. The predicted molar refractivity (Wildman–Crippen MR) is 77.2 cm³/mol. The Morgan fingerprint density at radius 1 is 1.33 bits per heavy atom. The molecule has 1 aromatic rings. The van der Waals surface area contributed by atoms with Gasteiger partial charge in [0.25, 0.3) is 0 Å². The zero-order valence-electron chi connectivity index (χ0n) is 10.7. The molecule has 1 atom stereocenters. The van der Waals surface area contributed by atoms with Crippen LogP contribution in [-0.2, 0) is 9.84 Å². The average molecular weight is 335 g/mol. The van der Waals surface area contributed by atoms with E-state index in [1.807, 2.05) is 0 Å². The van der Waals surface area contributed by atoms with Crippen LogP contribution in [0.25, 0.3) is 0 Å². The summed E-state index contributed by atoms with van der Waals surface area (Å²) in [7, 11) is -1.67. The topological polar surface area (TPSA) is 43.4 Å². The molecule has 18 heavy (non-hydrogen) atoms. The first kappa shape index (κ1) is 15.5. The monoisotopic (exact) mass is 334 g/mol. The van der Waals surface area contributed by atoms with Crippen LogP contribution >= 0.6 is 15.9 Å². The van der Waals surface area contributed by atoms with E-state index in [2.05, 4.69) is 22.9 Å². The fraction of sp³-hybridized carbons (Fsp3) is 0.538. The summed E-state index contributed by atoms with van der Waals surface area (Å²) in [5.41, 5.74) is 0. The van der Waals surface area contributed by atoms with Gasteiger partial charge in [0.1, 0.15) is 5.75 Å².